The molecule has 2 aromatic rings. The number of aromatic amines is 1. The normalized spacial score (nSPS) is 12.4. The maximum Gasteiger partial charge on any atom is 0.328 e. The van der Waals surface area contributed by atoms with Crippen LogP contribution in [-0.2, 0) is 18.3 Å². The maximum atomic E-state index is 12.0. The molecule has 9 heteroatoms. The van der Waals surface area contributed by atoms with Gasteiger partial charge < -0.3 is 14.8 Å². The molecule has 0 saturated heterocycles. The minimum absolute atomic E-state index is 0.125. The van der Waals surface area contributed by atoms with Crippen LogP contribution in [0.4, 0.5) is 0 Å². The summed E-state index contributed by atoms with van der Waals surface area (Å²) in [5.41, 5.74) is -0.832. The molecule has 0 aliphatic rings. The molecule has 1 atom stereocenters. The second-order valence-electron chi connectivity index (χ2n) is 5.59. The van der Waals surface area contributed by atoms with E-state index in [1.807, 2.05) is 13.8 Å². The number of amides is 1. The number of H-pyrrole nitrogens is 1. The highest BCUT2D eigenvalue weighted by Crippen LogP contribution is 2.14. The quantitative estimate of drug-likeness (QED) is 0.799. The Bertz CT molecular complexity index is 817. The molecule has 2 aromatic heterocycles. The van der Waals surface area contributed by atoms with Gasteiger partial charge >= 0.3 is 5.69 Å². The van der Waals surface area contributed by atoms with E-state index in [0.29, 0.717) is 11.7 Å². The van der Waals surface area contributed by atoms with Crippen molar-refractivity contribution in [3.05, 3.63) is 44.3 Å². The Labute approximate surface area is 131 Å². The van der Waals surface area contributed by atoms with Crippen LogP contribution < -0.4 is 16.6 Å². The number of hydrogen-bond acceptors (Lipinski definition) is 6. The van der Waals surface area contributed by atoms with Crippen LogP contribution in [0.3, 0.4) is 0 Å². The van der Waals surface area contributed by atoms with E-state index in [-0.39, 0.29) is 23.8 Å². The molecule has 0 radical (unpaired) electrons. The second-order valence-corrected chi connectivity index (χ2v) is 5.59. The number of nitrogens with one attached hydrogen (secondary N) is 2. The lowest BCUT2D eigenvalue weighted by Gasteiger charge is -2.09. The molecule has 0 fully saturated rings. The highest BCUT2D eigenvalue weighted by Gasteiger charge is 2.18. The lowest BCUT2D eigenvalue weighted by atomic mass is 10.2. The van der Waals surface area contributed by atoms with Gasteiger partial charge in [-0.15, -0.1) is 0 Å². The molecule has 0 aromatic carbocycles. The first kappa shape index (κ1) is 16.7. The SMILES string of the molecule is CC(C)c1noc([C@@H](C)NC(=O)Cc2c[nH]c(=O)n(C)c2=O)n1. The molecule has 0 saturated carbocycles. The Balaban J connectivity index is 2.06. The van der Waals surface area contributed by atoms with Crippen molar-refractivity contribution in [3.8, 4) is 0 Å². The fourth-order valence-electron chi connectivity index (χ4n) is 1.93. The van der Waals surface area contributed by atoms with Crippen LogP contribution in [-0.4, -0.2) is 25.6 Å². The van der Waals surface area contributed by atoms with Crippen LogP contribution in [0.5, 0.6) is 0 Å². The monoisotopic (exact) mass is 321 g/mol. The highest BCUT2D eigenvalue weighted by atomic mass is 16.5. The van der Waals surface area contributed by atoms with Crippen molar-refractivity contribution in [2.45, 2.75) is 39.2 Å². The summed E-state index contributed by atoms with van der Waals surface area (Å²) in [7, 11) is 1.34. The fourth-order valence-corrected chi connectivity index (χ4v) is 1.93. The smallest absolute Gasteiger partial charge is 0.328 e. The predicted octanol–water partition coefficient (Wildman–Crippen LogP) is -0.0001000. The van der Waals surface area contributed by atoms with Crippen molar-refractivity contribution in [1.29, 1.82) is 0 Å². The van der Waals surface area contributed by atoms with Crippen LogP contribution >= 0.6 is 0 Å². The lowest BCUT2D eigenvalue weighted by molar-refractivity contribution is -0.121. The average molecular weight is 321 g/mol. The topological polar surface area (TPSA) is 123 Å². The van der Waals surface area contributed by atoms with Gasteiger partial charge in [-0.2, -0.15) is 4.98 Å². The van der Waals surface area contributed by atoms with Crippen LogP contribution in [0.2, 0.25) is 0 Å². The fraction of sp³-hybridized carbons (Fsp3) is 0.500. The van der Waals surface area contributed by atoms with Gasteiger partial charge in [0.2, 0.25) is 11.8 Å². The summed E-state index contributed by atoms with van der Waals surface area (Å²) in [5.74, 6) is 0.609. The van der Waals surface area contributed by atoms with Gasteiger partial charge in [-0.1, -0.05) is 19.0 Å². The highest BCUT2D eigenvalue weighted by molar-refractivity contribution is 5.78. The van der Waals surface area contributed by atoms with E-state index in [9.17, 15) is 14.4 Å². The van der Waals surface area contributed by atoms with Gasteiger partial charge in [-0.25, -0.2) is 4.79 Å². The van der Waals surface area contributed by atoms with Crippen molar-refractivity contribution in [2.24, 2.45) is 7.05 Å². The van der Waals surface area contributed by atoms with E-state index in [2.05, 4.69) is 20.4 Å². The van der Waals surface area contributed by atoms with Gasteiger partial charge in [0.1, 0.15) is 6.04 Å². The predicted molar refractivity (Wildman–Crippen MR) is 81.0 cm³/mol. The second kappa shape index (κ2) is 6.59. The molecule has 124 valence electrons. The van der Waals surface area contributed by atoms with Gasteiger partial charge in [0.25, 0.3) is 5.56 Å². The molecule has 0 aliphatic carbocycles. The molecule has 0 aliphatic heterocycles. The van der Waals surface area contributed by atoms with Crippen LogP contribution in [0.25, 0.3) is 0 Å². The van der Waals surface area contributed by atoms with E-state index in [0.717, 1.165) is 4.57 Å². The molecule has 0 unspecified atom stereocenters. The largest absolute Gasteiger partial charge is 0.344 e. The summed E-state index contributed by atoms with van der Waals surface area (Å²) in [5, 5.41) is 6.52. The Morgan fingerprint density at radius 3 is 2.70 bits per heavy atom. The first-order chi connectivity index (χ1) is 10.8. The molecular weight excluding hydrogens is 302 g/mol. The maximum absolute atomic E-state index is 12.0. The first-order valence-electron chi connectivity index (χ1n) is 7.20. The van der Waals surface area contributed by atoms with Gasteiger partial charge in [0, 0.05) is 24.7 Å². The van der Waals surface area contributed by atoms with Gasteiger partial charge in [0.05, 0.1) is 6.42 Å². The van der Waals surface area contributed by atoms with Gasteiger partial charge in [-0.05, 0) is 6.92 Å². The lowest BCUT2D eigenvalue weighted by Crippen LogP contribution is -2.37. The van der Waals surface area contributed by atoms with E-state index in [4.69, 9.17) is 4.52 Å². The minimum Gasteiger partial charge on any atom is -0.344 e. The Morgan fingerprint density at radius 1 is 1.39 bits per heavy atom. The van der Waals surface area contributed by atoms with Gasteiger partial charge in [0.15, 0.2) is 5.82 Å². The zero-order valence-electron chi connectivity index (χ0n) is 13.4. The molecule has 2 heterocycles. The summed E-state index contributed by atoms with van der Waals surface area (Å²) in [4.78, 5) is 41.8. The van der Waals surface area contributed by atoms with E-state index < -0.39 is 17.3 Å². The molecule has 23 heavy (non-hydrogen) atoms. The van der Waals surface area contributed by atoms with Gasteiger partial charge in [-0.3, -0.25) is 14.2 Å². The number of aromatic nitrogens is 4. The molecule has 2 N–H and O–H groups in total. The zero-order valence-corrected chi connectivity index (χ0v) is 13.4. The third-order valence-electron chi connectivity index (χ3n) is 3.33. The number of hydrogen-bond donors (Lipinski definition) is 2. The van der Waals surface area contributed by atoms with Crippen molar-refractivity contribution >= 4 is 5.91 Å². The Morgan fingerprint density at radius 2 is 2.09 bits per heavy atom. The Kier molecular flexibility index (Phi) is 4.77. The van der Waals surface area contributed by atoms with Crippen LogP contribution in [0.1, 0.15) is 50.0 Å². The molecule has 0 bridgehead atoms. The van der Waals surface area contributed by atoms with E-state index in [1.54, 1.807) is 6.92 Å². The average Bonchev–Trinajstić information content (AvgIpc) is 2.98. The number of carbonyl (C=O) groups is 1. The van der Waals surface area contributed by atoms with Crippen LogP contribution in [0.15, 0.2) is 20.3 Å². The molecular formula is C14H19N5O4. The molecule has 2 rings (SSSR count). The van der Waals surface area contributed by atoms with Crippen molar-refractivity contribution in [3.63, 3.8) is 0 Å². The third-order valence-corrected chi connectivity index (χ3v) is 3.33. The number of carbonyl (C=O) groups excluding carboxylic acids is 1. The van der Waals surface area contributed by atoms with Crippen molar-refractivity contribution in [1.82, 2.24) is 25.0 Å². The van der Waals surface area contributed by atoms with Crippen molar-refractivity contribution in [2.75, 3.05) is 0 Å². The minimum atomic E-state index is -0.528. The Hall–Kier alpha value is -2.71. The first-order valence-corrected chi connectivity index (χ1v) is 7.20. The van der Waals surface area contributed by atoms with Crippen molar-refractivity contribution < 1.29 is 9.32 Å². The zero-order chi connectivity index (χ0) is 17.1. The standard InChI is InChI=1S/C14H19N5O4/c1-7(2)11-17-12(23-18-11)8(3)16-10(20)5-9-6-15-14(22)19(4)13(9)21/h6-8H,5H2,1-4H3,(H,15,22)(H,16,20)/t8-/m1/s1. The molecule has 9 nitrogen and oxygen atoms in total. The van der Waals surface area contributed by atoms with E-state index >= 15 is 0 Å². The summed E-state index contributed by atoms with van der Waals surface area (Å²) in [6.45, 7) is 5.58. The summed E-state index contributed by atoms with van der Waals surface area (Å²) in [6, 6.07) is -0.478. The summed E-state index contributed by atoms with van der Waals surface area (Å²) >= 11 is 0. The molecule has 1 amide bonds. The molecule has 0 spiro atoms. The number of rotatable bonds is 5. The van der Waals surface area contributed by atoms with Crippen LogP contribution in [0, 0.1) is 0 Å². The van der Waals surface area contributed by atoms with E-state index in [1.165, 1.54) is 13.2 Å². The third kappa shape index (κ3) is 3.74. The summed E-state index contributed by atoms with van der Waals surface area (Å²) < 4.78 is 6.02. The number of nitrogens with zero attached hydrogens (tertiary/aromatic N) is 3. The summed E-state index contributed by atoms with van der Waals surface area (Å²) in [6.07, 6.45) is 1.09.